The maximum atomic E-state index is 5.32. The van der Waals surface area contributed by atoms with Gasteiger partial charge < -0.3 is 4.57 Å². The van der Waals surface area contributed by atoms with E-state index in [1.807, 2.05) is 0 Å². The van der Waals surface area contributed by atoms with Crippen molar-refractivity contribution >= 4 is 21.8 Å². The van der Waals surface area contributed by atoms with E-state index in [4.69, 9.17) is 4.98 Å². The van der Waals surface area contributed by atoms with Crippen LogP contribution in [0.25, 0.3) is 83.3 Å². The van der Waals surface area contributed by atoms with Crippen molar-refractivity contribution in [1.29, 1.82) is 0 Å². The van der Waals surface area contributed by atoms with Crippen molar-refractivity contribution in [3.8, 4) is 61.5 Å². The second-order valence-electron chi connectivity index (χ2n) is 16.6. The molecule has 2 aliphatic heterocycles. The first kappa shape index (κ1) is 31.2. The highest BCUT2D eigenvalue weighted by atomic mass is 15.0. The largest absolute Gasteiger partial charge is 0.315 e. The zero-order chi connectivity index (χ0) is 37.6. The summed E-state index contributed by atoms with van der Waals surface area (Å²) in [4.78, 5) is 5.32. The van der Waals surface area contributed by atoms with E-state index in [2.05, 4.69) is 201 Å². The first-order valence-electron chi connectivity index (χ1n) is 20.0. The smallest absolute Gasteiger partial charge is 0.0824 e. The van der Waals surface area contributed by atoms with E-state index < -0.39 is 5.41 Å². The third kappa shape index (κ3) is 3.83. The van der Waals surface area contributed by atoms with Crippen LogP contribution >= 0.6 is 0 Å². The van der Waals surface area contributed by atoms with Crippen molar-refractivity contribution in [3.05, 3.63) is 216 Å². The predicted octanol–water partition coefficient (Wildman–Crippen LogP) is 13.6. The van der Waals surface area contributed by atoms with Crippen LogP contribution in [0.5, 0.6) is 0 Å². The van der Waals surface area contributed by atoms with E-state index in [1.165, 1.54) is 89.0 Å². The first-order valence-corrected chi connectivity index (χ1v) is 20.0. The van der Waals surface area contributed by atoms with Crippen LogP contribution in [0.15, 0.2) is 182 Å². The van der Waals surface area contributed by atoms with Crippen molar-refractivity contribution in [2.45, 2.75) is 24.7 Å². The molecule has 5 aliphatic rings. The average molecular weight is 725 g/mol. The Morgan fingerprint density at radius 1 is 0.421 bits per heavy atom. The monoisotopic (exact) mass is 724 g/mol. The van der Waals surface area contributed by atoms with Crippen molar-refractivity contribution < 1.29 is 0 Å². The molecule has 57 heavy (non-hydrogen) atoms. The Bertz CT molecular complexity index is 3290. The van der Waals surface area contributed by atoms with Crippen molar-refractivity contribution in [3.63, 3.8) is 0 Å². The zero-order valence-electron chi connectivity index (χ0n) is 31.7. The van der Waals surface area contributed by atoms with E-state index in [1.54, 1.807) is 0 Å². The third-order valence-corrected chi connectivity index (χ3v) is 13.6. The predicted molar refractivity (Wildman–Crippen MR) is 234 cm³/mol. The van der Waals surface area contributed by atoms with Crippen LogP contribution in [0.1, 0.15) is 47.2 Å². The normalized spacial score (nSPS) is 14.8. The van der Waals surface area contributed by atoms with Gasteiger partial charge in [-0.3, -0.25) is 0 Å². The SMILES string of the molecule is CC1(C)c2ccccc2-c2ccc(-c3ccc4c(c3)c3nc5ccccc5c-3cn4-c3cccc4c3-c3ccccc3C43c4ccccc4-c4ccccc43)cc21. The lowest BCUT2D eigenvalue weighted by Gasteiger charge is -2.30. The lowest BCUT2D eigenvalue weighted by Crippen LogP contribution is -2.25. The summed E-state index contributed by atoms with van der Waals surface area (Å²) in [7, 11) is 0. The van der Waals surface area contributed by atoms with Gasteiger partial charge in [0.2, 0.25) is 0 Å². The highest BCUT2D eigenvalue weighted by Gasteiger charge is 2.52. The fraction of sp³-hybridized carbons (Fsp3) is 0.0727. The Morgan fingerprint density at radius 3 is 1.74 bits per heavy atom. The molecule has 1 spiro atoms. The van der Waals surface area contributed by atoms with Crippen molar-refractivity contribution in [2.75, 3.05) is 0 Å². The summed E-state index contributed by atoms with van der Waals surface area (Å²) in [6.45, 7) is 4.72. The Kier molecular flexibility index (Phi) is 5.93. The van der Waals surface area contributed by atoms with E-state index in [-0.39, 0.29) is 5.41 Å². The van der Waals surface area contributed by atoms with Gasteiger partial charge in [0.1, 0.15) is 0 Å². The second kappa shape index (κ2) is 10.8. The minimum absolute atomic E-state index is 0.0677. The molecule has 8 aromatic carbocycles. The van der Waals surface area contributed by atoms with Crippen LogP contribution < -0.4 is 0 Å². The molecule has 0 radical (unpaired) electrons. The van der Waals surface area contributed by atoms with Gasteiger partial charge in [-0.25, -0.2) is 4.98 Å². The van der Waals surface area contributed by atoms with Gasteiger partial charge in [0.25, 0.3) is 0 Å². The molecule has 0 bridgehead atoms. The topological polar surface area (TPSA) is 17.8 Å². The molecule has 13 rings (SSSR count). The summed E-state index contributed by atoms with van der Waals surface area (Å²) >= 11 is 0. The molecule has 8 aromatic rings. The van der Waals surface area contributed by atoms with E-state index in [0.29, 0.717) is 0 Å². The van der Waals surface area contributed by atoms with Gasteiger partial charge in [-0.15, -0.1) is 0 Å². The van der Waals surface area contributed by atoms with Crippen LogP contribution in [0.3, 0.4) is 0 Å². The summed E-state index contributed by atoms with van der Waals surface area (Å²) in [5, 5.41) is 2.33. The molecule has 2 heterocycles. The number of nitrogens with zero attached hydrogens (tertiary/aromatic N) is 2. The number of hydrogen-bond donors (Lipinski definition) is 0. The molecular formula is C55H36N2. The van der Waals surface area contributed by atoms with Crippen LogP contribution in [-0.4, -0.2) is 9.55 Å². The van der Waals surface area contributed by atoms with Crippen LogP contribution in [0, 0.1) is 0 Å². The molecule has 2 heteroatoms. The number of benzene rings is 8. The van der Waals surface area contributed by atoms with Gasteiger partial charge in [0, 0.05) is 33.5 Å². The molecule has 266 valence electrons. The van der Waals surface area contributed by atoms with E-state index >= 15 is 0 Å². The summed E-state index contributed by atoms with van der Waals surface area (Å²) in [6, 6.07) is 65.7. The molecular weight excluding hydrogens is 689 g/mol. The third-order valence-electron chi connectivity index (χ3n) is 13.6. The molecule has 0 atom stereocenters. The molecule has 0 amide bonds. The highest BCUT2D eigenvalue weighted by Crippen LogP contribution is 2.63. The minimum Gasteiger partial charge on any atom is -0.315 e. The van der Waals surface area contributed by atoms with Crippen molar-refractivity contribution in [2.24, 2.45) is 0 Å². The van der Waals surface area contributed by atoms with Gasteiger partial charge in [0.05, 0.1) is 27.8 Å². The molecule has 0 saturated carbocycles. The standard InChI is InChI=1S/C55H36N2/c1-54(2)43-19-8-3-14-35(43)38-28-26-34(31-48(38)54)33-27-29-50-41(30-33)53-42(39-17-7-12-24-49(39)56-53)32-57(50)51-25-13-23-47-52(51)40-18-6-11-22-46(40)55(47)44-20-9-4-15-36(44)37-16-5-10-21-45(37)55/h3-32H,1-2H3. The fourth-order valence-corrected chi connectivity index (χ4v) is 11.2. The summed E-state index contributed by atoms with van der Waals surface area (Å²) in [5.74, 6) is 0. The minimum atomic E-state index is -0.404. The van der Waals surface area contributed by atoms with Gasteiger partial charge in [-0.05, 0) is 103 Å². The van der Waals surface area contributed by atoms with Crippen molar-refractivity contribution in [1.82, 2.24) is 9.55 Å². The van der Waals surface area contributed by atoms with E-state index in [0.717, 1.165) is 27.7 Å². The number of hydrogen-bond acceptors (Lipinski definition) is 1. The molecule has 3 aliphatic carbocycles. The average Bonchev–Trinajstić information content (AvgIpc) is 3.96. The number of pyridine rings is 1. The molecule has 0 saturated heterocycles. The Hall–Kier alpha value is -7.03. The van der Waals surface area contributed by atoms with Gasteiger partial charge >= 0.3 is 0 Å². The summed E-state index contributed by atoms with van der Waals surface area (Å²) < 4.78 is 2.46. The first-order chi connectivity index (χ1) is 28.0. The molecule has 0 fully saturated rings. The number of fused-ring (bicyclic) bond motifs is 18. The van der Waals surface area contributed by atoms with Gasteiger partial charge in [-0.2, -0.15) is 0 Å². The molecule has 0 aromatic heterocycles. The van der Waals surface area contributed by atoms with Crippen LogP contribution in [-0.2, 0) is 10.8 Å². The lowest BCUT2D eigenvalue weighted by atomic mass is 9.70. The maximum Gasteiger partial charge on any atom is 0.0824 e. The summed E-state index contributed by atoms with van der Waals surface area (Å²) in [6.07, 6.45) is 2.35. The highest BCUT2D eigenvalue weighted by molar-refractivity contribution is 6.08. The zero-order valence-corrected chi connectivity index (χ0v) is 31.7. The fourth-order valence-electron chi connectivity index (χ4n) is 11.2. The Balaban J connectivity index is 1.09. The number of rotatable bonds is 2. The second-order valence-corrected chi connectivity index (χ2v) is 16.6. The molecule has 0 unspecified atom stereocenters. The number of aromatic nitrogens is 2. The molecule has 0 N–H and O–H groups in total. The lowest BCUT2D eigenvalue weighted by molar-refractivity contribution is 0.660. The quantitative estimate of drug-likeness (QED) is 0.174. The number of para-hydroxylation sites is 1. The maximum absolute atomic E-state index is 5.32. The van der Waals surface area contributed by atoms with Crippen LogP contribution in [0.2, 0.25) is 0 Å². The molecule has 2 nitrogen and oxygen atoms in total. The summed E-state index contributed by atoms with van der Waals surface area (Å²) in [5.41, 5.74) is 23.6. The van der Waals surface area contributed by atoms with Crippen LogP contribution in [0.4, 0.5) is 0 Å². The van der Waals surface area contributed by atoms with Gasteiger partial charge in [0.15, 0.2) is 0 Å². The van der Waals surface area contributed by atoms with Gasteiger partial charge in [-0.1, -0.05) is 159 Å². The Labute approximate surface area is 331 Å². The Morgan fingerprint density at radius 2 is 0.982 bits per heavy atom. The van der Waals surface area contributed by atoms with E-state index in [9.17, 15) is 0 Å².